The quantitative estimate of drug-likeness (QED) is 0.679. The second-order valence-electron chi connectivity index (χ2n) is 6.07. The maximum Gasteiger partial charge on any atom is 0.211 e. The Bertz CT molecular complexity index is 373. The van der Waals surface area contributed by atoms with Gasteiger partial charge in [0.1, 0.15) is 0 Å². The van der Waals surface area contributed by atoms with Gasteiger partial charge in [-0.15, -0.1) is 0 Å². The van der Waals surface area contributed by atoms with Crippen LogP contribution in [0.25, 0.3) is 0 Å². The lowest BCUT2D eigenvalue weighted by molar-refractivity contribution is 0.237. The third-order valence-corrected chi connectivity index (χ3v) is 5.64. The third kappa shape index (κ3) is 6.08. The van der Waals surface area contributed by atoms with Crippen LogP contribution >= 0.6 is 0 Å². The SMILES string of the molecule is CCC(C)N(C)CCNCC1CCCN(S(C)(=O)=O)C1. The number of piperidine rings is 1. The van der Waals surface area contributed by atoms with Gasteiger partial charge in [0.15, 0.2) is 0 Å². The van der Waals surface area contributed by atoms with E-state index < -0.39 is 10.0 Å². The Morgan fingerprint density at radius 1 is 1.45 bits per heavy atom. The molecule has 0 bridgehead atoms. The van der Waals surface area contributed by atoms with Crippen molar-refractivity contribution in [2.24, 2.45) is 5.92 Å². The Labute approximate surface area is 124 Å². The summed E-state index contributed by atoms with van der Waals surface area (Å²) in [6.07, 6.45) is 4.58. The van der Waals surface area contributed by atoms with E-state index in [1.54, 1.807) is 4.31 Å². The molecule has 1 fully saturated rings. The molecule has 0 amide bonds. The van der Waals surface area contributed by atoms with Crippen molar-refractivity contribution < 1.29 is 8.42 Å². The van der Waals surface area contributed by atoms with Crippen LogP contribution in [0.1, 0.15) is 33.1 Å². The summed E-state index contributed by atoms with van der Waals surface area (Å²) >= 11 is 0. The van der Waals surface area contributed by atoms with Crippen LogP contribution in [0.3, 0.4) is 0 Å². The average molecular weight is 305 g/mol. The molecule has 0 aromatic rings. The van der Waals surface area contributed by atoms with E-state index in [0.717, 1.165) is 32.5 Å². The number of rotatable bonds is 8. The third-order valence-electron chi connectivity index (χ3n) is 4.37. The first-order chi connectivity index (χ1) is 9.34. The predicted molar refractivity (Wildman–Crippen MR) is 84.4 cm³/mol. The van der Waals surface area contributed by atoms with Crippen molar-refractivity contribution in [3.8, 4) is 0 Å². The molecule has 1 rings (SSSR count). The van der Waals surface area contributed by atoms with Gasteiger partial charge in [-0.05, 0) is 45.7 Å². The first-order valence-electron chi connectivity index (χ1n) is 7.70. The van der Waals surface area contributed by atoms with Crippen molar-refractivity contribution in [2.75, 3.05) is 46.0 Å². The predicted octanol–water partition coefficient (Wildman–Crippen LogP) is 0.978. The van der Waals surface area contributed by atoms with Gasteiger partial charge in [-0.1, -0.05) is 6.92 Å². The van der Waals surface area contributed by atoms with Gasteiger partial charge in [0.05, 0.1) is 6.26 Å². The van der Waals surface area contributed by atoms with E-state index in [9.17, 15) is 8.42 Å². The first kappa shape index (κ1) is 17.9. The fourth-order valence-corrected chi connectivity index (χ4v) is 3.53. The van der Waals surface area contributed by atoms with Crippen molar-refractivity contribution in [1.82, 2.24) is 14.5 Å². The van der Waals surface area contributed by atoms with E-state index in [1.165, 1.54) is 12.7 Å². The lowest BCUT2D eigenvalue weighted by Crippen LogP contribution is -2.43. The van der Waals surface area contributed by atoms with Gasteiger partial charge in [-0.25, -0.2) is 12.7 Å². The number of nitrogens with one attached hydrogen (secondary N) is 1. The summed E-state index contributed by atoms with van der Waals surface area (Å²) in [5.74, 6) is 0.451. The van der Waals surface area contributed by atoms with Crippen molar-refractivity contribution in [1.29, 1.82) is 0 Å². The maximum absolute atomic E-state index is 11.6. The highest BCUT2D eigenvalue weighted by Gasteiger charge is 2.25. The van der Waals surface area contributed by atoms with E-state index in [1.807, 2.05) is 0 Å². The fraction of sp³-hybridized carbons (Fsp3) is 1.00. The highest BCUT2D eigenvalue weighted by molar-refractivity contribution is 7.88. The lowest BCUT2D eigenvalue weighted by Gasteiger charge is -2.31. The van der Waals surface area contributed by atoms with Gasteiger partial charge in [-0.2, -0.15) is 0 Å². The normalized spacial score (nSPS) is 23.1. The van der Waals surface area contributed by atoms with Crippen molar-refractivity contribution in [2.45, 2.75) is 39.2 Å². The van der Waals surface area contributed by atoms with Crippen LogP contribution < -0.4 is 5.32 Å². The minimum Gasteiger partial charge on any atom is -0.315 e. The Hall–Kier alpha value is -0.170. The number of likely N-dealkylation sites (N-methyl/N-ethyl adjacent to an activating group) is 1. The first-order valence-corrected chi connectivity index (χ1v) is 9.55. The van der Waals surface area contributed by atoms with Crippen molar-refractivity contribution >= 4 is 10.0 Å². The van der Waals surface area contributed by atoms with Gasteiger partial charge in [-0.3, -0.25) is 0 Å². The van der Waals surface area contributed by atoms with Crippen molar-refractivity contribution in [3.63, 3.8) is 0 Å². The molecule has 1 saturated heterocycles. The van der Waals surface area contributed by atoms with Gasteiger partial charge in [0.25, 0.3) is 0 Å². The van der Waals surface area contributed by atoms with Crippen LogP contribution in [-0.4, -0.2) is 69.7 Å². The van der Waals surface area contributed by atoms with Crippen LogP contribution in [0.2, 0.25) is 0 Å². The molecule has 0 radical (unpaired) electrons. The topological polar surface area (TPSA) is 52.6 Å². The molecule has 0 saturated carbocycles. The number of hydrogen-bond donors (Lipinski definition) is 1. The highest BCUT2D eigenvalue weighted by atomic mass is 32.2. The van der Waals surface area contributed by atoms with Gasteiger partial charge in [0, 0.05) is 32.2 Å². The van der Waals surface area contributed by atoms with E-state index in [-0.39, 0.29) is 0 Å². The van der Waals surface area contributed by atoms with E-state index >= 15 is 0 Å². The Kier molecular flexibility index (Phi) is 7.43. The van der Waals surface area contributed by atoms with Gasteiger partial charge in [0.2, 0.25) is 10.0 Å². The summed E-state index contributed by atoms with van der Waals surface area (Å²) < 4.78 is 24.7. The molecule has 5 nitrogen and oxygen atoms in total. The minimum absolute atomic E-state index is 0.451. The summed E-state index contributed by atoms with van der Waals surface area (Å²) in [7, 11) is -0.866. The molecular formula is C14H31N3O2S. The van der Waals surface area contributed by atoms with Crippen LogP contribution in [0.4, 0.5) is 0 Å². The van der Waals surface area contributed by atoms with Gasteiger partial charge < -0.3 is 10.2 Å². The number of hydrogen-bond acceptors (Lipinski definition) is 4. The average Bonchev–Trinajstić information content (AvgIpc) is 2.41. The molecule has 1 aliphatic rings. The molecule has 120 valence electrons. The van der Waals surface area contributed by atoms with E-state index in [4.69, 9.17) is 0 Å². The Morgan fingerprint density at radius 3 is 2.75 bits per heavy atom. The standard InChI is InChI=1S/C14H31N3O2S/c1-5-13(2)16(3)10-8-15-11-14-7-6-9-17(12-14)20(4,18)19/h13-15H,5-12H2,1-4H3. The monoisotopic (exact) mass is 305 g/mol. The molecular weight excluding hydrogens is 274 g/mol. The molecule has 6 heteroatoms. The molecule has 20 heavy (non-hydrogen) atoms. The second kappa shape index (κ2) is 8.32. The molecule has 1 heterocycles. The zero-order chi connectivity index (χ0) is 15.2. The molecule has 0 aromatic heterocycles. The fourth-order valence-electron chi connectivity index (χ4n) is 2.59. The number of sulfonamides is 1. The summed E-state index contributed by atoms with van der Waals surface area (Å²) in [5, 5.41) is 3.47. The molecule has 1 aliphatic heterocycles. The Morgan fingerprint density at radius 2 is 2.15 bits per heavy atom. The molecule has 2 atom stereocenters. The zero-order valence-electron chi connectivity index (χ0n) is 13.4. The lowest BCUT2D eigenvalue weighted by atomic mass is 10.00. The van der Waals surface area contributed by atoms with Crippen LogP contribution in [0, 0.1) is 5.92 Å². The summed E-state index contributed by atoms with van der Waals surface area (Å²) in [6, 6.07) is 0.618. The minimum atomic E-state index is -3.02. The summed E-state index contributed by atoms with van der Waals surface area (Å²) in [6.45, 7) is 8.73. The molecule has 0 aromatic carbocycles. The Balaban J connectivity index is 2.22. The second-order valence-corrected chi connectivity index (χ2v) is 8.05. The van der Waals surface area contributed by atoms with Crippen LogP contribution in [0.5, 0.6) is 0 Å². The molecule has 1 N–H and O–H groups in total. The molecule has 0 aliphatic carbocycles. The van der Waals surface area contributed by atoms with Crippen LogP contribution in [-0.2, 0) is 10.0 Å². The van der Waals surface area contributed by atoms with Crippen molar-refractivity contribution in [3.05, 3.63) is 0 Å². The molecule has 0 spiro atoms. The van der Waals surface area contributed by atoms with E-state index in [0.29, 0.717) is 25.0 Å². The summed E-state index contributed by atoms with van der Waals surface area (Å²) in [5.41, 5.74) is 0. The largest absolute Gasteiger partial charge is 0.315 e. The van der Waals surface area contributed by atoms with Crippen LogP contribution in [0.15, 0.2) is 0 Å². The van der Waals surface area contributed by atoms with E-state index in [2.05, 4.69) is 31.1 Å². The maximum atomic E-state index is 11.6. The molecule has 2 unspecified atom stereocenters. The highest BCUT2D eigenvalue weighted by Crippen LogP contribution is 2.17. The number of nitrogens with zero attached hydrogens (tertiary/aromatic N) is 2. The summed E-state index contributed by atoms with van der Waals surface area (Å²) in [4.78, 5) is 2.36. The smallest absolute Gasteiger partial charge is 0.211 e. The van der Waals surface area contributed by atoms with Gasteiger partial charge >= 0.3 is 0 Å². The zero-order valence-corrected chi connectivity index (χ0v) is 14.2.